The van der Waals surface area contributed by atoms with Gasteiger partial charge in [-0.05, 0) is 37.0 Å². The number of aliphatic hydroxyl groups is 1. The fourth-order valence-corrected chi connectivity index (χ4v) is 3.53. The molecule has 0 spiro atoms. The maximum absolute atomic E-state index is 13.1. The van der Waals surface area contributed by atoms with Gasteiger partial charge in [-0.15, -0.1) is 0 Å². The molecule has 3 unspecified atom stereocenters. The average Bonchev–Trinajstić information content (AvgIpc) is 3.16. The molecule has 25 heavy (non-hydrogen) atoms. The van der Waals surface area contributed by atoms with Crippen molar-refractivity contribution < 1.29 is 14.3 Å². The smallest absolute Gasteiger partial charge is 0.226 e. The van der Waals surface area contributed by atoms with E-state index in [1.807, 2.05) is 30.3 Å². The summed E-state index contributed by atoms with van der Waals surface area (Å²) < 4.78 is 5.28. The number of aliphatic hydroxyl groups excluding tert-OH is 1. The van der Waals surface area contributed by atoms with Gasteiger partial charge in [0.2, 0.25) is 5.91 Å². The van der Waals surface area contributed by atoms with Crippen LogP contribution >= 0.6 is 0 Å². The summed E-state index contributed by atoms with van der Waals surface area (Å²) in [5, 5.41) is 10.4. The summed E-state index contributed by atoms with van der Waals surface area (Å²) in [6.07, 6.45) is 4.26. The molecular formula is C20H26N2O3. The number of carbonyl (C=O) groups excluding carboxylic acids is 1. The number of nitrogens with two attached hydrogens (primary N) is 1. The Hall–Kier alpha value is -2.11. The molecule has 0 aliphatic heterocycles. The first kappa shape index (κ1) is 17.7. The molecule has 3 rings (SSSR count). The van der Waals surface area contributed by atoms with Gasteiger partial charge in [-0.3, -0.25) is 4.79 Å². The van der Waals surface area contributed by atoms with Crippen LogP contribution < -0.4 is 5.73 Å². The molecule has 5 heteroatoms. The van der Waals surface area contributed by atoms with Gasteiger partial charge in [0.25, 0.3) is 0 Å². The molecule has 2 aromatic rings. The van der Waals surface area contributed by atoms with E-state index in [1.54, 1.807) is 17.0 Å². The van der Waals surface area contributed by atoms with Crippen LogP contribution in [0.15, 0.2) is 53.1 Å². The van der Waals surface area contributed by atoms with Crippen LogP contribution in [0.4, 0.5) is 0 Å². The standard InChI is InChI=1S/C20H26N2O3/c21-17-9-4-8-16(12-17)20(24)22(13-15-6-2-1-3-7-15)14-18(23)19-10-5-11-25-19/h1-3,5-7,10-11,16-18,23H,4,8-9,12-14,21H2. The predicted octanol–water partition coefficient (Wildman–Crippen LogP) is 2.86. The Labute approximate surface area is 148 Å². The van der Waals surface area contributed by atoms with Crippen LogP contribution in [-0.2, 0) is 11.3 Å². The van der Waals surface area contributed by atoms with Crippen LogP contribution in [0.25, 0.3) is 0 Å². The van der Waals surface area contributed by atoms with Crippen molar-refractivity contribution in [2.45, 2.75) is 44.4 Å². The SMILES string of the molecule is NC1CCCC(C(=O)N(Cc2ccccc2)CC(O)c2ccco2)C1. The maximum atomic E-state index is 13.1. The first-order valence-corrected chi connectivity index (χ1v) is 8.93. The zero-order valence-electron chi connectivity index (χ0n) is 14.4. The minimum Gasteiger partial charge on any atom is -0.467 e. The Morgan fingerprint density at radius 3 is 2.72 bits per heavy atom. The quantitative estimate of drug-likeness (QED) is 0.846. The van der Waals surface area contributed by atoms with E-state index in [1.165, 1.54) is 6.26 Å². The largest absolute Gasteiger partial charge is 0.467 e. The summed E-state index contributed by atoms with van der Waals surface area (Å²) in [5.41, 5.74) is 7.10. The lowest BCUT2D eigenvalue weighted by Gasteiger charge is -2.32. The van der Waals surface area contributed by atoms with E-state index in [2.05, 4.69) is 0 Å². The number of hydrogen-bond donors (Lipinski definition) is 2. The number of nitrogens with zero attached hydrogens (tertiary/aromatic N) is 1. The fraction of sp³-hybridized carbons (Fsp3) is 0.450. The molecule has 0 radical (unpaired) electrons. The first-order valence-electron chi connectivity index (χ1n) is 8.93. The molecular weight excluding hydrogens is 316 g/mol. The number of furan rings is 1. The Morgan fingerprint density at radius 2 is 2.04 bits per heavy atom. The second kappa shape index (κ2) is 8.32. The predicted molar refractivity (Wildman–Crippen MR) is 95.5 cm³/mol. The Kier molecular flexibility index (Phi) is 5.89. The molecule has 1 aliphatic rings. The monoisotopic (exact) mass is 342 g/mol. The molecule has 3 N–H and O–H groups in total. The first-order chi connectivity index (χ1) is 12.1. The van der Waals surface area contributed by atoms with Crippen LogP contribution in [0.3, 0.4) is 0 Å². The summed E-state index contributed by atoms with van der Waals surface area (Å²) >= 11 is 0. The molecule has 134 valence electrons. The van der Waals surface area contributed by atoms with E-state index in [4.69, 9.17) is 10.2 Å². The zero-order chi connectivity index (χ0) is 17.6. The van der Waals surface area contributed by atoms with E-state index in [0.717, 1.165) is 31.2 Å². The minimum atomic E-state index is -0.833. The summed E-state index contributed by atoms with van der Waals surface area (Å²) in [5.74, 6) is 0.493. The molecule has 0 saturated heterocycles. The number of benzene rings is 1. The lowest BCUT2D eigenvalue weighted by atomic mass is 9.85. The van der Waals surface area contributed by atoms with E-state index < -0.39 is 6.10 Å². The highest BCUT2D eigenvalue weighted by atomic mass is 16.4. The van der Waals surface area contributed by atoms with Crippen LogP contribution in [-0.4, -0.2) is 28.5 Å². The van der Waals surface area contributed by atoms with E-state index in [9.17, 15) is 9.90 Å². The van der Waals surface area contributed by atoms with Gasteiger partial charge in [0.1, 0.15) is 11.9 Å². The van der Waals surface area contributed by atoms with E-state index in [0.29, 0.717) is 12.3 Å². The molecule has 1 amide bonds. The Morgan fingerprint density at radius 1 is 1.24 bits per heavy atom. The molecule has 1 aromatic heterocycles. The zero-order valence-corrected chi connectivity index (χ0v) is 14.4. The highest BCUT2D eigenvalue weighted by molar-refractivity contribution is 5.79. The Balaban J connectivity index is 1.74. The van der Waals surface area contributed by atoms with Gasteiger partial charge in [0.05, 0.1) is 12.8 Å². The molecule has 5 nitrogen and oxygen atoms in total. The van der Waals surface area contributed by atoms with Gasteiger partial charge in [0, 0.05) is 18.5 Å². The van der Waals surface area contributed by atoms with Crippen LogP contribution in [0.5, 0.6) is 0 Å². The van der Waals surface area contributed by atoms with Crippen molar-refractivity contribution in [3.63, 3.8) is 0 Å². The molecule has 1 aromatic carbocycles. The van der Waals surface area contributed by atoms with Crippen molar-refractivity contribution in [3.05, 3.63) is 60.1 Å². The second-order valence-corrected chi connectivity index (χ2v) is 6.86. The summed E-state index contributed by atoms with van der Waals surface area (Å²) in [4.78, 5) is 14.8. The highest BCUT2D eigenvalue weighted by Gasteiger charge is 2.30. The van der Waals surface area contributed by atoms with Gasteiger partial charge in [-0.2, -0.15) is 0 Å². The van der Waals surface area contributed by atoms with Crippen LogP contribution in [0.2, 0.25) is 0 Å². The highest BCUT2D eigenvalue weighted by Crippen LogP contribution is 2.27. The van der Waals surface area contributed by atoms with Gasteiger partial charge in [-0.1, -0.05) is 36.8 Å². The normalized spacial score (nSPS) is 21.7. The molecule has 1 saturated carbocycles. The number of amides is 1. The fourth-order valence-electron chi connectivity index (χ4n) is 3.53. The Bertz CT molecular complexity index is 657. The minimum absolute atomic E-state index is 0.0590. The van der Waals surface area contributed by atoms with Crippen molar-refractivity contribution in [1.82, 2.24) is 4.90 Å². The van der Waals surface area contributed by atoms with Gasteiger partial charge in [0.15, 0.2) is 0 Å². The van der Waals surface area contributed by atoms with Gasteiger partial charge in [-0.25, -0.2) is 0 Å². The van der Waals surface area contributed by atoms with Crippen molar-refractivity contribution in [2.24, 2.45) is 11.7 Å². The van der Waals surface area contributed by atoms with Crippen LogP contribution in [0.1, 0.15) is 43.1 Å². The molecule has 0 bridgehead atoms. The third-order valence-electron chi connectivity index (χ3n) is 4.86. The van der Waals surface area contributed by atoms with Crippen molar-refractivity contribution in [1.29, 1.82) is 0 Å². The number of rotatable bonds is 6. The third kappa shape index (κ3) is 4.71. The summed E-state index contributed by atoms with van der Waals surface area (Å²) in [6.45, 7) is 0.691. The van der Waals surface area contributed by atoms with Gasteiger partial charge >= 0.3 is 0 Å². The molecule has 1 aliphatic carbocycles. The average molecular weight is 342 g/mol. The number of hydrogen-bond acceptors (Lipinski definition) is 4. The van der Waals surface area contributed by atoms with Crippen molar-refractivity contribution in [2.75, 3.05) is 6.54 Å². The lowest BCUT2D eigenvalue weighted by Crippen LogP contribution is -2.42. The third-order valence-corrected chi connectivity index (χ3v) is 4.86. The maximum Gasteiger partial charge on any atom is 0.226 e. The van der Waals surface area contributed by atoms with Gasteiger partial charge < -0.3 is 20.2 Å². The lowest BCUT2D eigenvalue weighted by molar-refractivity contribution is -0.139. The van der Waals surface area contributed by atoms with E-state index >= 15 is 0 Å². The summed E-state index contributed by atoms with van der Waals surface area (Å²) in [6, 6.07) is 13.4. The molecule has 1 heterocycles. The second-order valence-electron chi connectivity index (χ2n) is 6.86. The topological polar surface area (TPSA) is 79.7 Å². The molecule has 1 fully saturated rings. The number of carbonyl (C=O) groups is 1. The van der Waals surface area contributed by atoms with E-state index in [-0.39, 0.29) is 24.4 Å². The van der Waals surface area contributed by atoms with Crippen molar-refractivity contribution >= 4 is 5.91 Å². The summed E-state index contributed by atoms with van der Waals surface area (Å²) in [7, 11) is 0. The molecule has 3 atom stereocenters. The van der Waals surface area contributed by atoms with Crippen molar-refractivity contribution in [3.8, 4) is 0 Å². The van der Waals surface area contributed by atoms with Crippen LogP contribution in [0, 0.1) is 5.92 Å².